The van der Waals surface area contributed by atoms with Gasteiger partial charge in [0.2, 0.25) is 0 Å². The third-order valence-corrected chi connectivity index (χ3v) is 3.16. The molecule has 0 bridgehead atoms. The molecule has 0 saturated heterocycles. The zero-order valence-electron chi connectivity index (χ0n) is 12.2. The SMILES string of the molecule is CCCCCCCCCCC(CC)OOCC. The molecule has 0 radical (unpaired) electrons. The second-order valence-corrected chi connectivity index (χ2v) is 4.80. The summed E-state index contributed by atoms with van der Waals surface area (Å²) in [5.74, 6) is 0. The largest absolute Gasteiger partial charge is 0.237 e. The Morgan fingerprint density at radius 1 is 0.765 bits per heavy atom. The monoisotopic (exact) mass is 244 g/mol. The lowest BCUT2D eigenvalue weighted by molar-refractivity contribution is -0.322. The molecule has 0 aliphatic heterocycles. The topological polar surface area (TPSA) is 18.5 Å². The van der Waals surface area contributed by atoms with Gasteiger partial charge < -0.3 is 0 Å². The third-order valence-electron chi connectivity index (χ3n) is 3.16. The van der Waals surface area contributed by atoms with Crippen LogP contribution in [0.3, 0.4) is 0 Å². The van der Waals surface area contributed by atoms with E-state index < -0.39 is 0 Å². The van der Waals surface area contributed by atoms with Crippen LogP contribution in [0.5, 0.6) is 0 Å². The van der Waals surface area contributed by atoms with Crippen molar-refractivity contribution in [1.82, 2.24) is 0 Å². The van der Waals surface area contributed by atoms with Gasteiger partial charge in [0.15, 0.2) is 0 Å². The van der Waals surface area contributed by atoms with Crippen molar-refractivity contribution >= 4 is 0 Å². The van der Waals surface area contributed by atoms with Gasteiger partial charge in [0.25, 0.3) is 0 Å². The Morgan fingerprint density at radius 2 is 1.35 bits per heavy atom. The Hall–Kier alpha value is -0.0800. The second-order valence-electron chi connectivity index (χ2n) is 4.80. The summed E-state index contributed by atoms with van der Waals surface area (Å²) >= 11 is 0. The summed E-state index contributed by atoms with van der Waals surface area (Å²) in [5, 5.41) is 0. The van der Waals surface area contributed by atoms with Crippen LogP contribution >= 0.6 is 0 Å². The molecule has 0 aliphatic carbocycles. The summed E-state index contributed by atoms with van der Waals surface area (Å²) in [4.78, 5) is 10.3. The van der Waals surface area contributed by atoms with Crippen LogP contribution in [-0.2, 0) is 9.78 Å². The van der Waals surface area contributed by atoms with Crippen LogP contribution in [0, 0.1) is 0 Å². The number of rotatable bonds is 13. The first kappa shape index (κ1) is 16.9. The molecular formula is C15H32O2. The molecule has 0 aromatic rings. The molecule has 0 aromatic carbocycles. The van der Waals surface area contributed by atoms with Crippen molar-refractivity contribution in [2.24, 2.45) is 0 Å². The molecule has 2 nitrogen and oxygen atoms in total. The van der Waals surface area contributed by atoms with E-state index >= 15 is 0 Å². The van der Waals surface area contributed by atoms with Gasteiger partial charge in [-0.05, 0) is 19.8 Å². The van der Waals surface area contributed by atoms with E-state index in [9.17, 15) is 0 Å². The first-order valence-electron chi connectivity index (χ1n) is 7.63. The van der Waals surface area contributed by atoms with Gasteiger partial charge in [-0.1, -0.05) is 65.2 Å². The number of unbranched alkanes of at least 4 members (excludes halogenated alkanes) is 7. The molecule has 1 atom stereocenters. The molecule has 0 spiro atoms. The Balaban J connectivity index is 3.19. The molecule has 1 unspecified atom stereocenters. The molecule has 0 aromatic heterocycles. The number of hydrogen-bond acceptors (Lipinski definition) is 2. The molecule has 0 aliphatic rings. The van der Waals surface area contributed by atoms with Crippen molar-refractivity contribution in [2.75, 3.05) is 6.61 Å². The highest BCUT2D eigenvalue weighted by atomic mass is 17.2. The van der Waals surface area contributed by atoms with E-state index in [2.05, 4.69) is 13.8 Å². The average molecular weight is 244 g/mol. The zero-order chi connectivity index (χ0) is 12.8. The van der Waals surface area contributed by atoms with Gasteiger partial charge in [0, 0.05) is 0 Å². The highest BCUT2D eigenvalue weighted by Gasteiger charge is 2.06. The van der Waals surface area contributed by atoms with E-state index in [4.69, 9.17) is 9.78 Å². The normalized spacial score (nSPS) is 12.9. The summed E-state index contributed by atoms with van der Waals surface area (Å²) in [5.41, 5.74) is 0. The van der Waals surface area contributed by atoms with Crippen LogP contribution in [0.1, 0.15) is 85.0 Å². The van der Waals surface area contributed by atoms with Gasteiger partial charge in [0.05, 0.1) is 12.7 Å². The van der Waals surface area contributed by atoms with Gasteiger partial charge in [0.1, 0.15) is 0 Å². The van der Waals surface area contributed by atoms with Crippen LogP contribution in [0.15, 0.2) is 0 Å². The van der Waals surface area contributed by atoms with Crippen molar-refractivity contribution in [1.29, 1.82) is 0 Å². The molecule has 0 saturated carbocycles. The highest BCUT2D eigenvalue weighted by molar-refractivity contribution is 4.54. The molecule has 0 amide bonds. The van der Waals surface area contributed by atoms with E-state index in [0.29, 0.717) is 12.7 Å². The summed E-state index contributed by atoms with van der Waals surface area (Å²) < 4.78 is 0. The van der Waals surface area contributed by atoms with E-state index in [1.807, 2.05) is 6.92 Å². The minimum absolute atomic E-state index is 0.301. The van der Waals surface area contributed by atoms with Crippen molar-refractivity contribution in [3.05, 3.63) is 0 Å². The lowest BCUT2D eigenvalue weighted by atomic mass is 10.0. The lowest BCUT2D eigenvalue weighted by Gasteiger charge is -2.13. The molecule has 0 fully saturated rings. The fraction of sp³-hybridized carbons (Fsp3) is 1.00. The third kappa shape index (κ3) is 12.2. The van der Waals surface area contributed by atoms with Gasteiger partial charge >= 0.3 is 0 Å². The van der Waals surface area contributed by atoms with Gasteiger partial charge in [-0.15, -0.1) is 0 Å². The van der Waals surface area contributed by atoms with Crippen molar-refractivity contribution in [2.45, 2.75) is 91.1 Å². The second kappa shape index (κ2) is 14.0. The minimum Gasteiger partial charge on any atom is -0.237 e. The standard InChI is InChI=1S/C15H32O2/c1-4-7-8-9-10-11-12-13-14-15(5-2)17-16-6-3/h15H,4-14H2,1-3H3. The Bertz CT molecular complexity index is 137. The summed E-state index contributed by atoms with van der Waals surface area (Å²) in [6, 6.07) is 0. The van der Waals surface area contributed by atoms with E-state index in [-0.39, 0.29) is 0 Å². The average Bonchev–Trinajstić information content (AvgIpc) is 2.36. The fourth-order valence-corrected chi connectivity index (χ4v) is 1.99. The first-order chi connectivity index (χ1) is 8.35. The maximum Gasteiger partial charge on any atom is 0.0927 e. The predicted octanol–water partition coefficient (Wildman–Crippen LogP) is 5.26. The van der Waals surface area contributed by atoms with Crippen LogP contribution in [0.4, 0.5) is 0 Å². The molecular weight excluding hydrogens is 212 g/mol. The van der Waals surface area contributed by atoms with Gasteiger partial charge in [-0.25, -0.2) is 9.78 Å². The quantitative estimate of drug-likeness (QED) is 0.250. The molecule has 17 heavy (non-hydrogen) atoms. The molecule has 0 heterocycles. The Kier molecular flexibility index (Phi) is 13.9. The predicted molar refractivity (Wildman–Crippen MR) is 74.0 cm³/mol. The van der Waals surface area contributed by atoms with Crippen LogP contribution in [0.2, 0.25) is 0 Å². The molecule has 0 rings (SSSR count). The maximum absolute atomic E-state index is 5.30. The van der Waals surface area contributed by atoms with Crippen molar-refractivity contribution in [3.63, 3.8) is 0 Å². The minimum atomic E-state index is 0.301. The smallest absolute Gasteiger partial charge is 0.0927 e. The van der Waals surface area contributed by atoms with Crippen LogP contribution in [-0.4, -0.2) is 12.7 Å². The van der Waals surface area contributed by atoms with Gasteiger partial charge in [-0.2, -0.15) is 0 Å². The Morgan fingerprint density at radius 3 is 1.88 bits per heavy atom. The van der Waals surface area contributed by atoms with Crippen molar-refractivity contribution < 1.29 is 9.78 Å². The summed E-state index contributed by atoms with van der Waals surface area (Å²) in [7, 11) is 0. The molecule has 2 heteroatoms. The molecule has 104 valence electrons. The lowest BCUT2D eigenvalue weighted by Crippen LogP contribution is -2.12. The first-order valence-corrected chi connectivity index (χ1v) is 7.63. The summed E-state index contributed by atoms with van der Waals surface area (Å²) in [6.45, 7) is 7.04. The summed E-state index contributed by atoms with van der Waals surface area (Å²) in [6.07, 6.45) is 13.5. The van der Waals surface area contributed by atoms with E-state index in [1.165, 1.54) is 51.4 Å². The highest BCUT2D eigenvalue weighted by Crippen LogP contribution is 2.13. The van der Waals surface area contributed by atoms with Crippen molar-refractivity contribution in [3.8, 4) is 0 Å². The maximum atomic E-state index is 5.30. The Labute approximate surface area is 108 Å². The number of hydrogen-bond donors (Lipinski definition) is 0. The fourth-order valence-electron chi connectivity index (χ4n) is 1.99. The molecule has 0 N–H and O–H groups in total. The van der Waals surface area contributed by atoms with Gasteiger partial charge in [-0.3, -0.25) is 0 Å². The van der Waals surface area contributed by atoms with E-state index in [1.54, 1.807) is 0 Å². The van der Waals surface area contributed by atoms with Crippen LogP contribution < -0.4 is 0 Å². The van der Waals surface area contributed by atoms with E-state index in [0.717, 1.165) is 12.8 Å². The van der Waals surface area contributed by atoms with Crippen LogP contribution in [0.25, 0.3) is 0 Å². The zero-order valence-corrected chi connectivity index (χ0v) is 12.2.